The highest BCUT2D eigenvalue weighted by Gasteiger charge is 2.45. The zero-order valence-electron chi connectivity index (χ0n) is 10.9. The molecule has 1 atom stereocenters. The van der Waals surface area contributed by atoms with Gasteiger partial charge in [0.05, 0.1) is 11.6 Å². The van der Waals surface area contributed by atoms with Gasteiger partial charge in [-0.3, -0.25) is 11.3 Å². The van der Waals surface area contributed by atoms with Crippen molar-refractivity contribution in [3.05, 3.63) is 34.9 Å². The van der Waals surface area contributed by atoms with Gasteiger partial charge >= 0.3 is 0 Å². The van der Waals surface area contributed by atoms with E-state index >= 15 is 0 Å². The molecule has 1 fully saturated rings. The third kappa shape index (κ3) is 1.99. The number of rotatable bonds is 4. The molecular formula is C14H22N2O. The molecule has 94 valence electrons. The molecule has 3 N–H and O–H groups in total. The van der Waals surface area contributed by atoms with Crippen LogP contribution in [0.4, 0.5) is 0 Å². The molecule has 3 heteroatoms. The van der Waals surface area contributed by atoms with Gasteiger partial charge in [-0.1, -0.05) is 18.2 Å². The Labute approximate surface area is 103 Å². The predicted molar refractivity (Wildman–Crippen MR) is 69.6 cm³/mol. The number of hydrogen-bond acceptors (Lipinski definition) is 3. The molecule has 0 heterocycles. The third-order valence-electron chi connectivity index (χ3n) is 4.26. The molecule has 1 saturated carbocycles. The van der Waals surface area contributed by atoms with Crippen LogP contribution in [-0.2, 0) is 4.74 Å². The highest BCUT2D eigenvalue weighted by molar-refractivity contribution is 5.37. The molecule has 3 nitrogen and oxygen atoms in total. The summed E-state index contributed by atoms with van der Waals surface area (Å²) < 4.78 is 5.73. The standard InChI is InChI=1S/C14H22N2O/c1-10-6-4-7-12(11(10)2)13(16-15)14(17-3)8-5-9-14/h4,6-7,13,16H,5,8-9,15H2,1-3H3. The summed E-state index contributed by atoms with van der Waals surface area (Å²) in [5.41, 5.74) is 6.70. The maximum atomic E-state index is 5.76. The number of ether oxygens (including phenoxy) is 1. The van der Waals surface area contributed by atoms with Crippen molar-refractivity contribution in [1.82, 2.24) is 5.43 Å². The lowest BCUT2D eigenvalue weighted by atomic mass is 9.71. The number of hydrazine groups is 1. The van der Waals surface area contributed by atoms with Crippen LogP contribution in [-0.4, -0.2) is 12.7 Å². The Morgan fingerprint density at radius 3 is 2.53 bits per heavy atom. The number of aryl methyl sites for hydroxylation is 1. The van der Waals surface area contributed by atoms with Crippen molar-refractivity contribution < 1.29 is 4.74 Å². The van der Waals surface area contributed by atoms with Crippen LogP contribution in [0.1, 0.15) is 42.0 Å². The van der Waals surface area contributed by atoms with Crippen molar-refractivity contribution in [2.24, 2.45) is 5.84 Å². The molecule has 1 aliphatic rings. The van der Waals surface area contributed by atoms with E-state index in [1.165, 1.54) is 23.1 Å². The Hall–Kier alpha value is -0.900. The summed E-state index contributed by atoms with van der Waals surface area (Å²) in [6.45, 7) is 4.28. The lowest BCUT2D eigenvalue weighted by Crippen LogP contribution is -2.52. The van der Waals surface area contributed by atoms with E-state index in [0.29, 0.717) is 0 Å². The first-order valence-corrected chi connectivity index (χ1v) is 6.22. The van der Waals surface area contributed by atoms with Crippen LogP contribution in [0.5, 0.6) is 0 Å². The Morgan fingerprint density at radius 1 is 1.35 bits per heavy atom. The molecule has 0 amide bonds. The summed E-state index contributed by atoms with van der Waals surface area (Å²) in [7, 11) is 1.79. The largest absolute Gasteiger partial charge is 0.376 e. The van der Waals surface area contributed by atoms with Gasteiger partial charge in [0.25, 0.3) is 0 Å². The molecule has 0 bridgehead atoms. The second-order valence-corrected chi connectivity index (χ2v) is 5.01. The molecule has 17 heavy (non-hydrogen) atoms. The number of methoxy groups -OCH3 is 1. The maximum absolute atomic E-state index is 5.76. The normalized spacial score (nSPS) is 19.8. The van der Waals surface area contributed by atoms with Crippen LogP contribution in [0.25, 0.3) is 0 Å². The Morgan fingerprint density at radius 2 is 2.06 bits per heavy atom. The quantitative estimate of drug-likeness (QED) is 0.621. The average Bonchev–Trinajstić information content (AvgIpc) is 2.28. The average molecular weight is 234 g/mol. The molecule has 0 aliphatic heterocycles. The third-order valence-corrected chi connectivity index (χ3v) is 4.26. The Bertz CT molecular complexity index is 394. The smallest absolute Gasteiger partial charge is 0.0885 e. The first-order valence-electron chi connectivity index (χ1n) is 6.22. The molecule has 1 unspecified atom stereocenters. The van der Waals surface area contributed by atoms with E-state index in [-0.39, 0.29) is 11.6 Å². The van der Waals surface area contributed by atoms with Gasteiger partial charge in [-0.2, -0.15) is 0 Å². The molecule has 0 aromatic heterocycles. The van der Waals surface area contributed by atoms with E-state index < -0.39 is 0 Å². The minimum atomic E-state index is -0.118. The molecule has 1 aliphatic carbocycles. The van der Waals surface area contributed by atoms with Crippen molar-refractivity contribution in [3.63, 3.8) is 0 Å². The summed E-state index contributed by atoms with van der Waals surface area (Å²) in [5.74, 6) is 5.76. The van der Waals surface area contributed by atoms with E-state index in [1.807, 2.05) is 0 Å². The first kappa shape index (κ1) is 12.6. The number of benzene rings is 1. The fourth-order valence-electron chi connectivity index (χ4n) is 2.75. The fraction of sp³-hybridized carbons (Fsp3) is 0.571. The minimum Gasteiger partial charge on any atom is -0.376 e. The van der Waals surface area contributed by atoms with Gasteiger partial charge in [-0.25, -0.2) is 0 Å². The summed E-state index contributed by atoms with van der Waals surface area (Å²) in [6.07, 6.45) is 3.37. The zero-order valence-corrected chi connectivity index (χ0v) is 10.9. The van der Waals surface area contributed by atoms with Gasteiger partial charge in [0, 0.05) is 7.11 Å². The van der Waals surface area contributed by atoms with Gasteiger partial charge in [0.2, 0.25) is 0 Å². The Kier molecular flexibility index (Phi) is 3.52. The summed E-state index contributed by atoms with van der Waals surface area (Å²) in [6, 6.07) is 6.45. The molecule has 1 aromatic carbocycles. The van der Waals surface area contributed by atoms with Crippen molar-refractivity contribution >= 4 is 0 Å². The molecule has 0 spiro atoms. The lowest BCUT2D eigenvalue weighted by molar-refractivity contribution is -0.1000. The highest BCUT2D eigenvalue weighted by atomic mass is 16.5. The van der Waals surface area contributed by atoms with Gasteiger partial charge in [0.15, 0.2) is 0 Å². The summed E-state index contributed by atoms with van der Waals surface area (Å²) >= 11 is 0. The second-order valence-electron chi connectivity index (χ2n) is 5.01. The van der Waals surface area contributed by atoms with Crippen LogP contribution in [0, 0.1) is 13.8 Å². The number of hydrogen-bond donors (Lipinski definition) is 2. The van der Waals surface area contributed by atoms with Crippen LogP contribution in [0.15, 0.2) is 18.2 Å². The molecular weight excluding hydrogens is 212 g/mol. The van der Waals surface area contributed by atoms with E-state index in [4.69, 9.17) is 10.6 Å². The highest BCUT2D eigenvalue weighted by Crippen LogP contribution is 2.45. The van der Waals surface area contributed by atoms with E-state index in [9.17, 15) is 0 Å². The second kappa shape index (κ2) is 4.77. The van der Waals surface area contributed by atoms with E-state index in [0.717, 1.165) is 12.8 Å². The van der Waals surface area contributed by atoms with Crippen LogP contribution < -0.4 is 11.3 Å². The van der Waals surface area contributed by atoms with Gasteiger partial charge in [-0.15, -0.1) is 0 Å². The monoisotopic (exact) mass is 234 g/mol. The molecule has 0 saturated heterocycles. The lowest BCUT2D eigenvalue weighted by Gasteiger charge is -2.46. The van der Waals surface area contributed by atoms with Crippen molar-refractivity contribution in [1.29, 1.82) is 0 Å². The Balaban J connectivity index is 2.38. The van der Waals surface area contributed by atoms with Crippen LogP contribution in [0.2, 0.25) is 0 Å². The first-order chi connectivity index (χ1) is 8.14. The molecule has 1 aromatic rings. The van der Waals surface area contributed by atoms with Gasteiger partial charge in [-0.05, 0) is 49.8 Å². The van der Waals surface area contributed by atoms with Crippen LogP contribution >= 0.6 is 0 Å². The summed E-state index contributed by atoms with van der Waals surface area (Å²) in [4.78, 5) is 0. The van der Waals surface area contributed by atoms with Crippen LogP contribution in [0.3, 0.4) is 0 Å². The maximum Gasteiger partial charge on any atom is 0.0885 e. The van der Waals surface area contributed by atoms with Gasteiger partial charge in [0.1, 0.15) is 0 Å². The molecule has 0 radical (unpaired) electrons. The predicted octanol–water partition coefficient (Wildman–Crippen LogP) is 2.38. The molecule has 2 rings (SSSR count). The van der Waals surface area contributed by atoms with E-state index in [2.05, 4.69) is 37.5 Å². The minimum absolute atomic E-state index is 0.0844. The SMILES string of the molecule is COC1(C(NN)c2cccc(C)c2C)CCC1. The zero-order chi connectivity index (χ0) is 12.5. The number of nitrogens with one attached hydrogen (secondary N) is 1. The van der Waals surface area contributed by atoms with Crippen molar-refractivity contribution in [2.75, 3.05) is 7.11 Å². The topological polar surface area (TPSA) is 47.3 Å². The van der Waals surface area contributed by atoms with E-state index in [1.54, 1.807) is 7.11 Å². The van der Waals surface area contributed by atoms with Crippen molar-refractivity contribution in [2.45, 2.75) is 44.8 Å². The number of nitrogens with two attached hydrogens (primary N) is 1. The fourth-order valence-corrected chi connectivity index (χ4v) is 2.75. The van der Waals surface area contributed by atoms with Gasteiger partial charge < -0.3 is 4.74 Å². The summed E-state index contributed by atoms with van der Waals surface area (Å²) in [5, 5.41) is 0. The van der Waals surface area contributed by atoms with Crippen molar-refractivity contribution in [3.8, 4) is 0 Å².